The van der Waals surface area contributed by atoms with Crippen LogP contribution in [-0.4, -0.2) is 20.3 Å². The number of nitrogens with zero attached hydrogens (tertiary/aromatic N) is 2. The van der Waals surface area contributed by atoms with E-state index in [-0.39, 0.29) is 0 Å². The van der Waals surface area contributed by atoms with Crippen molar-refractivity contribution in [3.05, 3.63) is 18.2 Å². The third kappa shape index (κ3) is 2.89. The van der Waals surface area contributed by atoms with Crippen LogP contribution >= 0.6 is 0 Å². The maximum atomic E-state index is 10.7. The maximum Gasteiger partial charge on any atom is 0.111 e. The monoisotopic (exact) mass is 236 g/mol. The minimum absolute atomic E-state index is 0.443. The third-order valence-corrected chi connectivity index (χ3v) is 4.14. The maximum absolute atomic E-state index is 10.7. The smallest absolute Gasteiger partial charge is 0.111 e. The molecule has 1 aliphatic carbocycles. The molecular formula is C14H24N2O. The van der Waals surface area contributed by atoms with Crippen LogP contribution in [0.2, 0.25) is 0 Å². The number of aliphatic hydroxyl groups is 1. The van der Waals surface area contributed by atoms with Gasteiger partial charge in [-0.3, -0.25) is 0 Å². The Balaban J connectivity index is 2.05. The van der Waals surface area contributed by atoms with Crippen LogP contribution in [0.15, 0.2) is 12.4 Å². The van der Waals surface area contributed by atoms with Gasteiger partial charge in [-0.25, -0.2) is 4.98 Å². The lowest BCUT2D eigenvalue weighted by atomic mass is 9.76. The van der Waals surface area contributed by atoms with Crippen molar-refractivity contribution in [2.45, 2.75) is 64.5 Å². The summed E-state index contributed by atoms with van der Waals surface area (Å²) in [6.45, 7) is 5.02. The van der Waals surface area contributed by atoms with E-state index < -0.39 is 5.60 Å². The molecule has 3 nitrogen and oxygen atoms in total. The molecule has 1 atom stereocenters. The molecule has 0 saturated heterocycles. The molecule has 3 heteroatoms. The number of rotatable bonds is 4. The highest BCUT2D eigenvalue weighted by atomic mass is 16.3. The standard InChI is InChI=1S/C14H24N2O/c1-3-16-10-9-15-13(16)11-14(2,17)12-7-5-4-6-8-12/h9-10,12,17H,3-8,11H2,1-2H3. The zero-order valence-electron chi connectivity index (χ0n) is 11.0. The van der Waals surface area contributed by atoms with Crippen LogP contribution in [0, 0.1) is 5.92 Å². The van der Waals surface area contributed by atoms with Crippen molar-refractivity contribution in [2.75, 3.05) is 0 Å². The Kier molecular flexibility index (Phi) is 3.87. The molecule has 0 aliphatic heterocycles. The van der Waals surface area contributed by atoms with E-state index in [2.05, 4.69) is 16.5 Å². The first-order valence-corrected chi connectivity index (χ1v) is 6.86. The Morgan fingerprint density at radius 1 is 1.41 bits per heavy atom. The molecule has 17 heavy (non-hydrogen) atoms. The summed E-state index contributed by atoms with van der Waals surface area (Å²) in [7, 11) is 0. The predicted molar refractivity (Wildman–Crippen MR) is 68.8 cm³/mol. The van der Waals surface area contributed by atoms with Crippen molar-refractivity contribution >= 4 is 0 Å². The third-order valence-electron chi connectivity index (χ3n) is 4.14. The molecule has 2 rings (SSSR count). The fourth-order valence-electron chi connectivity index (χ4n) is 2.98. The van der Waals surface area contributed by atoms with Gasteiger partial charge >= 0.3 is 0 Å². The van der Waals surface area contributed by atoms with Gasteiger partial charge in [0.25, 0.3) is 0 Å². The van der Waals surface area contributed by atoms with Gasteiger partial charge in [-0.15, -0.1) is 0 Å². The van der Waals surface area contributed by atoms with Crippen molar-refractivity contribution < 1.29 is 5.11 Å². The van der Waals surface area contributed by atoms with Crippen LogP contribution in [0.4, 0.5) is 0 Å². The summed E-state index contributed by atoms with van der Waals surface area (Å²) in [5.41, 5.74) is -0.599. The molecule has 1 aliphatic rings. The molecular weight excluding hydrogens is 212 g/mol. The van der Waals surface area contributed by atoms with Crippen LogP contribution in [0.5, 0.6) is 0 Å². The number of hydrogen-bond acceptors (Lipinski definition) is 2. The van der Waals surface area contributed by atoms with Gasteiger partial charge in [0.1, 0.15) is 5.82 Å². The van der Waals surface area contributed by atoms with Crippen LogP contribution in [0.1, 0.15) is 51.8 Å². The van der Waals surface area contributed by atoms with E-state index in [0.717, 1.165) is 12.4 Å². The van der Waals surface area contributed by atoms with E-state index in [9.17, 15) is 5.11 Å². The first-order chi connectivity index (χ1) is 8.13. The van der Waals surface area contributed by atoms with Gasteiger partial charge in [-0.1, -0.05) is 19.3 Å². The Hall–Kier alpha value is -0.830. The first-order valence-electron chi connectivity index (χ1n) is 6.86. The SMILES string of the molecule is CCn1ccnc1CC(C)(O)C1CCCCC1. The molecule has 0 aromatic carbocycles. The second-order valence-electron chi connectivity index (χ2n) is 5.50. The average molecular weight is 236 g/mol. The van der Waals surface area contributed by atoms with Gasteiger partial charge in [-0.05, 0) is 32.6 Å². The Bertz CT molecular complexity index is 351. The molecule has 96 valence electrons. The van der Waals surface area contributed by atoms with Gasteiger partial charge < -0.3 is 9.67 Å². The van der Waals surface area contributed by atoms with E-state index in [1.807, 2.05) is 19.3 Å². The topological polar surface area (TPSA) is 38.0 Å². The molecule has 0 spiro atoms. The van der Waals surface area contributed by atoms with Crippen LogP contribution in [-0.2, 0) is 13.0 Å². The minimum Gasteiger partial charge on any atom is -0.389 e. The fraction of sp³-hybridized carbons (Fsp3) is 0.786. The summed E-state index contributed by atoms with van der Waals surface area (Å²) < 4.78 is 2.12. The Morgan fingerprint density at radius 3 is 2.76 bits per heavy atom. The zero-order chi connectivity index (χ0) is 12.3. The summed E-state index contributed by atoms with van der Waals surface area (Å²) in [6, 6.07) is 0. The first kappa shape index (κ1) is 12.6. The predicted octanol–water partition coefficient (Wildman–Crippen LogP) is 2.78. The van der Waals surface area contributed by atoms with Crippen molar-refractivity contribution in [1.29, 1.82) is 0 Å². The molecule has 1 fully saturated rings. The molecule has 0 radical (unpaired) electrons. The van der Waals surface area contributed by atoms with Crippen molar-refractivity contribution in [1.82, 2.24) is 9.55 Å². The van der Waals surface area contributed by atoms with Gasteiger partial charge in [0.15, 0.2) is 0 Å². The summed E-state index contributed by atoms with van der Waals surface area (Å²) in [4.78, 5) is 4.37. The Labute approximate surface area is 104 Å². The normalized spacial score (nSPS) is 21.4. The minimum atomic E-state index is -0.599. The summed E-state index contributed by atoms with van der Waals surface area (Å²) >= 11 is 0. The van der Waals surface area contributed by atoms with Crippen LogP contribution in [0.3, 0.4) is 0 Å². The van der Waals surface area contributed by atoms with Gasteiger partial charge in [-0.2, -0.15) is 0 Å². The molecule has 1 N–H and O–H groups in total. The quantitative estimate of drug-likeness (QED) is 0.873. The summed E-state index contributed by atoms with van der Waals surface area (Å²) in [5.74, 6) is 1.46. The van der Waals surface area contributed by atoms with Gasteiger partial charge in [0.2, 0.25) is 0 Å². The van der Waals surface area contributed by atoms with Crippen LogP contribution in [0.25, 0.3) is 0 Å². The van der Waals surface area contributed by atoms with Crippen molar-refractivity contribution in [3.63, 3.8) is 0 Å². The van der Waals surface area contributed by atoms with Crippen molar-refractivity contribution in [3.8, 4) is 0 Å². The summed E-state index contributed by atoms with van der Waals surface area (Å²) in [5, 5.41) is 10.7. The van der Waals surface area contributed by atoms with E-state index in [4.69, 9.17) is 0 Å². The lowest BCUT2D eigenvalue weighted by Gasteiger charge is -2.35. The van der Waals surface area contributed by atoms with E-state index in [0.29, 0.717) is 12.3 Å². The summed E-state index contributed by atoms with van der Waals surface area (Å²) in [6.07, 6.45) is 10.7. The number of hydrogen-bond donors (Lipinski definition) is 1. The molecule has 0 amide bonds. The van der Waals surface area contributed by atoms with E-state index >= 15 is 0 Å². The number of aryl methyl sites for hydroxylation is 1. The zero-order valence-corrected chi connectivity index (χ0v) is 11.0. The second-order valence-corrected chi connectivity index (χ2v) is 5.50. The highest BCUT2D eigenvalue weighted by molar-refractivity contribution is 5.00. The average Bonchev–Trinajstić information content (AvgIpc) is 2.77. The second kappa shape index (κ2) is 5.21. The molecule has 1 aromatic heterocycles. The van der Waals surface area contributed by atoms with Crippen molar-refractivity contribution in [2.24, 2.45) is 5.92 Å². The highest BCUT2D eigenvalue weighted by Crippen LogP contribution is 2.34. The van der Waals surface area contributed by atoms with Gasteiger partial charge in [0, 0.05) is 25.4 Å². The van der Waals surface area contributed by atoms with E-state index in [1.54, 1.807) is 0 Å². The molecule has 1 unspecified atom stereocenters. The molecule has 1 aromatic rings. The van der Waals surface area contributed by atoms with E-state index in [1.165, 1.54) is 32.1 Å². The highest BCUT2D eigenvalue weighted by Gasteiger charge is 2.33. The van der Waals surface area contributed by atoms with Gasteiger partial charge in [0.05, 0.1) is 5.60 Å². The molecule has 1 heterocycles. The number of imidazole rings is 1. The largest absolute Gasteiger partial charge is 0.389 e. The Morgan fingerprint density at radius 2 is 2.12 bits per heavy atom. The fourth-order valence-corrected chi connectivity index (χ4v) is 2.98. The lowest BCUT2D eigenvalue weighted by Crippen LogP contribution is -2.39. The van der Waals surface area contributed by atoms with Crippen LogP contribution < -0.4 is 0 Å². The lowest BCUT2D eigenvalue weighted by molar-refractivity contribution is -0.0180. The molecule has 1 saturated carbocycles. The number of aromatic nitrogens is 2. The molecule has 0 bridgehead atoms.